The Labute approximate surface area is 165 Å². The van der Waals surface area contributed by atoms with Crippen LogP contribution in [0.5, 0.6) is 0 Å². The molecule has 1 saturated heterocycles. The average Bonchev–Trinajstić information content (AvgIpc) is 2.66. The number of allylic oxidation sites excluding steroid dienone is 3. The van der Waals surface area contributed by atoms with Gasteiger partial charge in [0.05, 0.1) is 24.6 Å². The fourth-order valence-corrected chi connectivity index (χ4v) is 2.38. The zero-order valence-electron chi connectivity index (χ0n) is 17.6. The SMILES string of the molecule is C=C(C)/C=C\C(=N)C(C)C.C=C(c1cc(C(C)C)ccn1)N1CCOCC1. The molecule has 0 saturated carbocycles. The monoisotopic (exact) mass is 369 g/mol. The van der Waals surface area contributed by atoms with Crippen LogP contribution < -0.4 is 0 Å². The summed E-state index contributed by atoms with van der Waals surface area (Å²) >= 11 is 0. The maximum atomic E-state index is 7.41. The maximum Gasteiger partial charge on any atom is 0.0859 e. The van der Waals surface area contributed by atoms with E-state index in [9.17, 15) is 0 Å². The van der Waals surface area contributed by atoms with Crippen molar-refractivity contribution in [2.75, 3.05) is 26.3 Å². The molecule has 0 aromatic carbocycles. The molecule has 27 heavy (non-hydrogen) atoms. The first kappa shape index (κ1) is 22.8. The molecule has 148 valence electrons. The molecule has 1 N–H and O–H groups in total. The Balaban J connectivity index is 0.000000314. The van der Waals surface area contributed by atoms with Gasteiger partial charge < -0.3 is 15.0 Å². The summed E-state index contributed by atoms with van der Waals surface area (Å²) in [6, 6.07) is 4.21. The van der Waals surface area contributed by atoms with Gasteiger partial charge in [-0.05, 0) is 42.5 Å². The number of rotatable bonds is 6. The van der Waals surface area contributed by atoms with E-state index in [2.05, 4.69) is 49.0 Å². The molecule has 4 nitrogen and oxygen atoms in total. The zero-order valence-corrected chi connectivity index (χ0v) is 17.6. The predicted molar refractivity (Wildman–Crippen MR) is 116 cm³/mol. The minimum Gasteiger partial charge on any atom is -0.378 e. The molecule has 1 aromatic rings. The highest BCUT2D eigenvalue weighted by atomic mass is 16.5. The lowest BCUT2D eigenvalue weighted by molar-refractivity contribution is 0.0639. The van der Waals surface area contributed by atoms with Gasteiger partial charge in [-0.15, -0.1) is 0 Å². The molecule has 1 aliphatic rings. The van der Waals surface area contributed by atoms with Crippen LogP contribution in [0.25, 0.3) is 5.70 Å². The van der Waals surface area contributed by atoms with Crippen LogP contribution >= 0.6 is 0 Å². The number of hydrogen-bond donors (Lipinski definition) is 1. The van der Waals surface area contributed by atoms with E-state index >= 15 is 0 Å². The predicted octanol–water partition coefficient (Wildman–Crippen LogP) is 5.30. The summed E-state index contributed by atoms with van der Waals surface area (Å²) in [6.07, 6.45) is 5.53. The molecule has 0 spiro atoms. The van der Waals surface area contributed by atoms with E-state index in [0.717, 1.165) is 43.3 Å². The molecular formula is C23H35N3O. The van der Waals surface area contributed by atoms with Gasteiger partial charge in [0.1, 0.15) is 0 Å². The van der Waals surface area contributed by atoms with Crippen LogP contribution in [-0.2, 0) is 4.74 Å². The largest absolute Gasteiger partial charge is 0.378 e. The van der Waals surface area contributed by atoms with E-state index in [1.807, 2.05) is 33.0 Å². The van der Waals surface area contributed by atoms with Crippen molar-refractivity contribution in [3.05, 3.63) is 60.5 Å². The van der Waals surface area contributed by atoms with Crippen molar-refractivity contribution >= 4 is 11.4 Å². The number of morpholine rings is 1. The first-order valence-corrected chi connectivity index (χ1v) is 9.62. The molecule has 2 rings (SSSR count). The molecule has 0 atom stereocenters. The fraction of sp³-hybridized carbons (Fsp3) is 0.478. The van der Waals surface area contributed by atoms with E-state index in [1.165, 1.54) is 5.56 Å². The van der Waals surface area contributed by atoms with Crippen LogP contribution in [0.15, 0.2) is 49.2 Å². The van der Waals surface area contributed by atoms with Gasteiger partial charge in [-0.2, -0.15) is 0 Å². The molecule has 0 aliphatic carbocycles. The van der Waals surface area contributed by atoms with Crippen LogP contribution in [0.4, 0.5) is 0 Å². The zero-order chi connectivity index (χ0) is 20.4. The highest BCUT2D eigenvalue weighted by Crippen LogP contribution is 2.20. The highest BCUT2D eigenvalue weighted by molar-refractivity contribution is 5.94. The van der Waals surface area contributed by atoms with E-state index in [4.69, 9.17) is 10.1 Å². The second kappa shape index (κ2) is 11.5. The van der Waals surface area contributed by atoms with Crippen molar-refractivity contribution in [2.24, 2.45) is 5.92 Å². The number of ether oxygens (including phenoxy) is 1. The minimum absolute atomic E-state index is 0.315. The van der Waals surface area contributed by atoms with E-state index < -0.39 is 0 Å². The van der Waals surface area contributed by atoms with Crippen molar-refractivity contribution in [3.63, 3.8) is 0 Å². The van der Waals surface area contributed by atoms with Gasteiger partial charge in [0, 0.05) is 25.0 Å². The Bertz CT molecular complexity index is 668. The summed E-state index contributed by atoms with van der Waals surface area (Å²) in [4.78, 5) is 6.66. The molecule has 1 aromatic heterocycles. The van der Waals surface area contributed by atoms with Crippen molar-refractivity contribution in [3.8, 4) is 0 Å². The first-order valence-electron chi connectivity index (χ1n) is 9.62. The van der Waals surface area contributed by atoms with Gasteiger partial charge in [-0.3, -0.25) is 4.98 Å². The van der Waals surface area contributed by atoms with E-state index in [-0.39, 0.29) is 0 Å². The quantitative estimate of drug-likeness (QED) is 0.546. The topological polar surface area (TPSA) is 49.2 Å². The molecule has 1 aliphatic heterocycles. The summed E-state index contributed by atoms with van der Waals surface area (Å²) in [5.41, 5.74) is 4.95. The minimum atomic E-state index is 0.315. The molecular weight excluding hydrogens is 334 g/mol. The van der Waals surface area contributed by atoms with E-state index in [1.54, 1.807) is 6.08 Å². The third-order valence-electron chi connectivity index (χ3n) is 4.31. The first-order chi connectivity index (χ1) is 12.7. The van der Waals surface area contributed by atoms with Gasteiger partial charge in [0.25, 0.3) is 0 Å². The lowest BCUT2D eigenvalue weighted by atomic mass is 10.0. The van der Waals surface area contributed by atoms with Crippen molar-refractivity contribution in [2.45, 2.75) is 40.5 Å². The van der Waals surface area contributed by atoms with Crippen LogP contribution in [0.3, 0.4) is 0 Å². The lowest BCUT2D eigenvalue weighted by Gasteiger charge is -2.30. The second-order valence-electron chi connectivity index (χ2n) is 7.46. The molecule has 1 fully saturated rings. The summed E-state index contributed by atoms with van der Waals surface area (Å²) in [5, 5.41) is 7.41. The summed E-state index contributed by atoms with van der Waals surface area (Å²) in [7, 11) is 0. The number of aromatic nitrogens is 1. The Hall–Kier alpha value is -2.20. The Morgan fingerprint density at radius 3 is 2.33 bits per heavy atom. The second-order valence-corrected chi connectivity index (χ2v) is 7.46. The van der Waals surface area contributed by atoms with Gasteiger partial charge in [-0.25, -0.2) is 0 Å². The van der Waals surface area contributed by atoms with Gasteiger partial charge >= 0.3 is 0 Å². The Morgan fingerprint density at radius 1 is 1.19 bits per heavy atom. The number of nitrogens with one attached hydrogen (secondary N) is 1. The molecule has 2 heterocycles. The molecule has 0 radical (unpaired) electrons. The highest BCUT2D eigenvalue weighted by Gasteiger charge is 2.14. The molecule has 4 heteroatoms. The van der Waals surface area contributed by atoms with Crippen molar-refractivity contribution < 1.29 is 4.74 Å². The smallest absolute Gasteiger partial charge is 0.0859 e. The van der Waals surface area contributed by atoms with Crippen molar-refractivity contribution in [1.29, 1.82) is 5.41 Å². The molecule has 0 unspecified atom stereocenters. The lowest BCUT2D eigenvalue weighted by Crippen LogP contribution is -2.34. The maximum absolute atomic E-state index is 7.41. The van der Waals surface area contributed by atoms with E-state index in [0.29, 0.717) is 17.5 Å². The van der Waals surface area contributed by atoms with Crippen LogP contribution in [0.2, 0.25) is 0 Å². The van der Waals surface area contributed by atoms with Crippen LogP contribution in [-0.4, -0.2) is 41.9 Å². The van der Waals surface area contributed by atoms with Crippen molar-refractivity contribution in [1.82, 2.24) is 9.88 Å². The van der Waals surface area contributed by atoms with Gasteiger partial charge in [0.15, 0.2) is 0 Å². The fourth-order valence-electron chi connectivity index (χ4n) is 2.38. The number of pyridine rings is 1. The summed E-state index contributed by atoms with van der Waals surface area (Å²) in [5.74, 6) is 0.838. The van der Waals surface area contributed by atoms with Gasteiger partial charge in [0.2, 0.25) is 0 Å². The standard InChI is InChI=1S/C14H20N2O.C9H15N/c1-11(2)13-4-5-15-14(10-13)12(3)16-6-8-17-9-7-16;1-7(2)5-6-9(10)8(3)4/h4-5,10-11H,3,6-9H2,1-2H3;5-6,8,10H,1H2,2-4H3/b;6-5-,10-9?. The summed E-state index contributed by atoms with van der Waals surface area (Å²) < 4.78 is 5.34. The van der Waals surface area contributed by atoms with Crippen LogP contribution in [0.1, 0.15) is 51.8 Å². The molecule has 0 bridgehead atoms. The Morgan fingerprint density at radius 2 is 1.81 bits per heavy atom. The summed E-state index contributed by atoms with van der Waals surface area (Å²) in [6.45, 7) is 21.6. The third-order valence-corrected chi connectivity index (χ3v) is 4.31. The van der Waals surface area contributed by atoms with Crippen LogP contribution in [0, 0.1) is 11.3 Å². The number of nitrogens with zero attached hydrogens (tertiary/aromatic N) is 2. The van der Waals surface area contributed by atoms with Gasteiger partial charge in [-0.1, -0.05) is 52.5 Å². The molecule has 0 amide bonds. The number of hydrogen-bond acceptors (Lipinski definition) is 4. The third kappa shape index (κ3) is 8.35. The average molecular weight is 370 g/mol. The Kier molecular flexibility index (Phi) is 9.73. The normalized spacial score (nSPS) is 14.3.